The molecule has 1 atom stereocenters. The lowest BCUT2D eigenvalue weighted by molar-refractivity contribution is -0.142. The Morgan fingerprint density at radius 2 is 1.93 bits per heavy atom. The molecule has 1 amide bonds. The number of nitrogens with zero attached hydrogens (tertiary/aromatic N) is 1. The van der Waals surface area contributed by atoms with E-state index in [4.69, 9.17) is 4.74 Å². The molecule has 1 heterocycles. The predicted octanol–water partition coefficient (Wildman–Crippen LogP) is 3.25. The summed E-state index contributed by atoms with van der Waals surface area (Å²) in [6, 6.07) is 8.48. The summed E-state index contributed by atoms with van der Waals surface area (Å²) in [5.41, 5.74) is 0.361. The highest BCUT2D eigenvalue weighted by Crippen LogP contribution is 2.24. The highest BCUT2D eigenvalue weighted by molar-refractivity contribution is 6.03. The van der Waals surface area contributed by atoms with Crippen LogP contribution in [0.4, 0.5) is 0 Å². The molecule has 0 spiro atoms. The van der Waals surface area contributed by atoms with Gasteiger partial charge in [0.15, 0.2) is 6.10 Å². The highest BCUT2D eigenvalue weighted by Gasteiger charge is 2.30. The monoisotopic (exact) mass is 370 g/mol. The number of carbonyl (C=O) groups is 2. The number of nitrogens with one attached hydrogen (secondary N) is 1. The first-order valence-electron chi connectivity index (χ1n) is 9.64. The first kappa shape index (κ1) is 19.1. The second-order valence-electron chi connectivity index (χ2n) is 7.06. The first-order chi connectivity index (χ1) is 13.0. The number of carbonyl (C=O) groups excluding carboxylic acids is 2. The molecule has 0 radical (unpaired) electrons. The summed E-state index contributed by atoms with van der Waals surface area (Å²) < 4.78 is 5.45. The lowest BCUT2D eigenvalue weighted by Crippen LogP contribution is -2.46. The molecule has 27 heavy (non-hydrogen) atoms. The van der Waals surface area contributed by atoms with E-state index in [0.29, 0.717) is 17.4 Å². The fraction of sp³-hybridized carbons (Fsp3) is 0.476. The zero-order chi connectivity index (χ0) is 19.4. The van der Waals surface area contributed by atoms with Crippen molar-refractivity contribution in [3.63, 3.8) is 0 Å². The van der Waals surface area contributed by atoms with Gasteiger partial charge >= 0.3 is 5.97 Å². The summed E-state index contributed by atoms with van der Waals surface area (Å²) in [7, 11) is 0. The fourth-order valence-electron chi connectivity index (χ4n) is 3.87. The topological polar surface area (TPSA) is 79.5 Å². The third-order valence-electron chi connectivity index (χ3n) is 5.24. The summed E-state index contributed by atoms with van der Waals surface area (Å²) in [5, 5.41) is 0.598. The minimum Gasteiger partial charge on any atom is -0.449 e. The van der Waals surface area contributed by atoms with Crippen LogP contribution in [-0.2, 0) is 9.53 Å². The Morgan fingerprint density at radius 3 is 2.63 bits per heavy atom. The van der Waals surface area contributed by atoms with Crippen molar-refractivity contribution < 1.29 is 14.3 Å². The summed E-state index contributed by atoms with van der Waals surface area (Å²) >= 11 is 0. The number of hydrogen-bond acceptors (Lipinski definition) is 4. The maximum atomic E-state index is 12.9. The van der Waals surface area contributed by atoms with E-state index >= 15 is 0 Å². The van der Waals surface area contributed by atoms with Crippen LogP contribution in [0.1, 0.15) is 56.3 Å². The number of ether oxygens (including phenoxy) is 1. The Kier molecular flexibility index (Phi) is 5.94. The van der Waals surface area contributed by atoms with E-state index in [9.17, 15) is 14.4 Å². The number of para-hydroxylation sites is 1. The van der Waals surface area contributed by atoms with Crippen LogP contribution in [0.3, 0.4) is 0 Å². The Morgan fingerprint density at radius 1 is 1.22 bits per heavy atom. The standard InChI is InChI=1S/C21H26N2O4/c1-3-23(15-9-5-4-6-10-15)20(25)14(2)27-21(26)17-13-19(24)22-18-12-8-7-11-16(17)18/h7-8,11-15H,3-6,9-10H2,1-2H3,(H,22,24)/t14-/m1/s1. The molecule has 6 nitrogen and oxygen atoms in total. The molecular formula is C21H26N2O4. The van der Waals surface area contributed by atoms with E-state index in [1.165, 1.54) is 12.5 Å². The number of likely N-dealkylation sites (N-methyl/N-ethyl adjacent to an activating group) is 1. The maximum absolute atomic E-state index is 12.9. The number of esters is 1. The Bertz CT molecular complexity index is 883. The molecule has 0 aliphatic heterocycles. The average molecular weight is 370 g/mol. The molecule has 2 aromatic rings. The van der Waals surface area contributed by atoms with Crippen molar-refractivity contribution in [2.45, 2.75) is 58.1 Å². The van der Waals surface area contributed by atoms with Crippen molar-refractivity contribution in [3.05, 3.63) is 46.2 Å². The molecule has 6 heteroatoms. The summed E-state index contributed by atoms with van der Waals surface area (Å²) in [4.78, 5) is 41.9. The average Bonchev–Trinajstić information content (AvgIpc) is 2.68. The lowest BCUT2D eigenvalue weighted by atomic mass is 9.94. The molecule has 1 saturated carbocycles. The molecule has 1 aromatic carbocycles. The molecule has 144 valence electrons. The number of rotatable bonds is 5. The zero-order valence-corrected chi connectivity index (χ0v) is 15.9. The minimum absolute atomic E-state index is 0.174. The van der Waals surface area contributed by atoms with Crippen molar-refractivity contribution >= 4 is 22.8 Å². The molecule has 1 N–H and O–H groups in total. The van der Waals surface area contributed by atoms with E-state index < -0.39 is 12.1 Å². The van der Waals surface area contributed by atoms with Gasteiger partial charge in [-0.3, -0.25) is 9.59 Å². The number of benzene rings is 1. The maximum Gasteiger partial charge on any atom is 0.339 e. The molecule has 1 aromatic heterocycles. The highest BCUT2D eigenvalue weighted by atomic mass is 16.5. The van der Waals surface area contributed by atoms with Crippen molar-refractivity contribution in [1.82, 2.24) is 9.88 Å². The zero-order valence-electron chi connectivity index (χ0n) is 15.9. The molecule has 1 aliphatic rings. The van der Waals surface area contributed by atoms with Crippen LogP contribution in [0.15, 0.2) is 35.1 Å². The number of amides is 1. The number of pyridine rings is 1. The predicted molar refractivity (Wildman–Crippen MR) is 104 cm³/mol. The number of fused-ring (bicyclic) bond motifs is 1. The lowest BCUT2D eigenvalue weighted by Gasteiger charge is -2.35. The number of aromatic nitrogens is 1. The van der Waals surface area contributed by atoms with Gasteiger partial charge in [0.1, 0.15) is 0 Å². The number of aromatic amines is 1. The van der Waals surface area contributed by atoms with Crippen molar-refractivity contribution in [3.8, 4) is 0 Å². The van der Waals surface area contributed by atoms with Crippen LogP contribution in [0.25, 0.3) is 10.9 Å². The number of H-pyrrole nitrogens is 1. The van der Waals surface area contributed by atoms with Crippen LogP contribution in [0.5, 0.6) is 0 Å². The van der Waals surface area contributed by atoms with Gasteiger partial charge in [0, 0.05) is 29.6 Å². The smallest absolute Gasteiger partial charge is 0.339 e. The van der Waals surface area contributed by atoms with E-state index in [1.54, 1.807) is 31.2 Å². The van der Waals surface area contributed by atoms with Gasteiger partial charge in [-0.25, -0.2) is 4.79 Å². The largest absolute Gasteiger partial charge is 0.449 e. The van der Waals surface area contributed by atoms with Crippen LogP contribution >= 0.6 is 0 Å². The van der Waals surface area contributed by atoms with Gasteiger partial charge in [-0.05, 0) is 32.8 Å². The van der Waals surface area contributed by atoms with E-state index in [2.05, 4.69) is 4.98 Å². The molecule has 0 saturated heterocycles. The molecule has 0 bridgehead atoms. The molecular weight excluding hydrogens is 344 g/mol. The second kappa shape index (κ2) is 8.37. The number of hydrogen-bond donors (Lipinski definition) is 1. The van der Waals surface area contributed by atoms with Gasteiger partial charge in [-0.1, -0.05) is 37.5 Å². The first-order valence-corrected chi connectivity index (χ1v) is 9.64. The third kappa shape index (κ3) is 4.21. The van der Waals surface area contributed by atoms with Crippen LogP contribution in [0, 0.1) is 0 Å². The minimum atomic E-state index is -0.891. The van der Waals surface area contributed by atoms with Gasteiger partial charge in [0.05, 0.1) is 5.56 Å². The van der Waals surface area contributed by atoms with Crippen molar-refractivity contribution in [1.29, 1.82) is 0 Å². The van der Waals surface area contributed by atoms with E-state index in [1.807, 2.05) is 11.8 Å². The molecule has 1 aliphatic carbocycles. The van der Waals surface area contributed by atoms with E-state index in [0.717, 1.165) is 25.7 Å². The molecule has 1 fully saturated rings. The van der Waals surface area contributed by atoms with Gasteiger partial charge in [-0.15, -0.1) is 0 Å². The summed E-state index contributed by atoms with van der Waals surface area (Å²) in [6.45, 7) is 4.14. The van der Waals surface area contributed by atoms with Crippen molar-refractivity contribution in [2.24, 2.45) is 0 Å². The van der Waals surface area contributed by atoms with E-state index in [-0.39, 0.29) is 23.1 Å². The van der Waals surface area contributed by atoms with Gasteiger partial charge in [0.25, 0.3) is 5.91 Å². The van der Waals surface area contributed by atoms with Gasteiger partial charge < -0.3 is 14.6 Å². The fourth-order valence-corrected chi connectivity index (χ4v) is 3.87. The molecule has 0 unspecified atom stereocenters. The van der Waals surface area contributed by atoms with Gasteiger partial charge in [-0.2, -0.15) is 0 Å². The second-order valence-corrected chi connectivity index (χ2v) is 7.06. The summed E-state index contributed by atoms with van der Waals surface area (Å²) in [6.07, 6.45) is 4.57. The SMILES string of the molecule is CCN(C(=O)[C@@H](C)OC(=O)c1cc(=O)[nH]c2ccccc12)C1CCCCC1. The Hall–Kier alpha value is -2.63. The van der Waals surface area contributed by atoms with Gasteiger partial charge in [0.2, 0.25) is 5.56 Å². The summed E-state index contributed by atoms with van der Waals surface area (Å²) in [5.74, 6) is -0.829. The Balaban J connectivity index is 1.77. The quantitative estimate of drug-likeness (QED) is 0.820. The Labute approximate surface area is 158 Å². The van der Waals surface area contributed by atoms with Crippen molar-refractivity contribution in [2.75, 3.05) is 6.54 Å². The van der Waals surface area contributed by atoms with Crippen LogP contribution in [0.2, 0.25) is 0 Å². The normalized spacial score (nSPS) is 16.1. The van der Waals surface area contributed by atoms with Crippen LogP contribution in [-0.4, -0.2) is 40.5 Å². The third-order valence-corrected chi connectivity index (χ3v) is 5.24. The van der Waals surface area contributed by atoms with Crippen LogP contribution < -0.4 is 5.56 Å². The molecule has 3 rings (SSSR count).